The quantitative estimate of drug-likeness (QED) is 0.123. The van der Waals surface area contributed by atoms with E-state index in [1.807, 2.05) is 0 Å². The van der Waals surface area contributed by atoms with Crippen molar-refractivity contribution in [1.82, 2.24) is 9.80 Å². The van der Waals surface area contributed by atoms with E-state index in [0.29, 0.717) is 12.7 Å². The minimum atomic E-state index is -3.72. The number of nitro groups is 1. The van der Waals surface area contributed by atoms with E-state index in [1.165, 1.54) is 25.3 Å². The van der Waals surface area contributed by atoms with Gasteiger partial charge in [-0.15, -0.1) is 0 Å². The molecule has 2 heterocycles. The SMILES string of the molecule is COc1cc(N2CCC(N3C(O)(O)C(O)(O)N(C)C(O)(O)C3(O)O)CC2)ccc1[N+](=O)[O-]. The summed E-state index contributed by atoms with van der Waals surface area (Å²) in [6.07, 6.45) is -0.0537. The third kappa shape index (κ3) is 3.39. The summed E-state index contributed by atoms with van der Waals surface area (Å²) in [7, 11) is 1.91. The number of piperidine rings is 1. The molecule has 0 radical (unpaired) electrons. The Kier molecular flexibility index (Phi) is 5.89. The molecule has 2 aliphatic rings. The average Bonchev–Trinajstić information content (AvgIpc) is 2.71. The van der Waals surface area contributed by atoms with Gasteiger partial charge in [-0.2, -0.15) is 9.80 Å². The lowest BCUT2D eigenvalue weighted by Gasteiger charge is -2.62. The summed E-state index contributed by atoms with van der Waals surface area (Å²) < 4.78 is 5.04. The largest absolute Gasteiger partial charge is 0.490 e. The van der Waals surface area contributed by atoms with Crippen LogP contribution in [0.1, 0.15) is 12.8 Å². The second kappa shape index (κ2) is 7.70. The summed E-state index contributed by atoms with van der Waals surface area (Å²) in [5.41, 5.74) is 0.309. The van der Waals surface area contributed by atoms with Gasteiger partial charge in [-0.1, -0.05) is 0 Å². The smallest absolute Gasteiger partial charge is 0.311 e. The number of likely N-dealkylation sites (N-methyl/N-ethyl adjacent to an activating group) is 1. The number of methoxy groups -OCH3 is 1. The third-order valence-electron chi connectivity index (χ3n) is 6.06. The molecular weight excluding hydrogens is 436 g/mol. The van der Waals surface area contributed by atoms with E-state index in [4.69, 9.17) is 4.74 Å². The zero-order valence-electron chi connectivity index (χ0n) is 17.2. The minimum Gasteiger partial charge on any atom is -0.490 e. The van der Waals surface area contributed by atoms with Crippen LogP contribution in [0.2, 0.25) is 0 Å². The van der Waals surface area contributed by atoms with Crippen LogP contribution in [0.25, 0.3) is 0 Å². The Bertz CT molecular complexity index is 855. The van der Waals surface area contributed by atoms with Crippen LogP contribution in [0, 0.1) is 10.1 Å². The Hall–Kier alpha value is -2.18. The van der Waals surface area contributed by atoms with E-state index >= 15 is 0 Å². The normalized spacial score (nSPS) is 25.5. The molecule has 2 saturated heterocycles. The standard InChI is InChI=1S/C17H26N4O11/c1-18-14(22,23)16(26,27)20(17(28,29)15(18,24)25)10-5-7-19(8-6-10)11-3-4-12(21(30)31)13(9-11)32-2/h3-4,9-10,22-29H,5-8H2,1-2H3. The first-order valence-corrected chi connectivity index (χ1v) is 9.50. The number of piperazine rings is 1. The molecule has 0 atom stereocenters. The molecule has 15 nitrogen and oxygen atoms in total. The molecule has 3 rings (SSSR count). The topological polar surface area (TPSA) is 224 Å². The number of rotatable bonds is 4. The first-order chi connectivity index (χ1) is 14.6. The Morgan fingerprint density at radius 1 is 0.969 bits per heavy atom. The van der Waals surface area contributed by atoms with Crippen LogP contribution in [0.4, 0.5) is 11.4 Å². The summed E-state index contributed by atoms with van der Waals surface area (Å²) >= 11 is 0. The summed E-state index contributed by atoms with van der Waals surface area (Å²) in [5, 5.41) is 93.1. The van der Waals surface area contributed by atoms with E-state index in [2.05, 4.69) is 0 Å². The van der Waals surface area contributed by atoms with Crippen molar-refractivity contribution in [1.29, 1.82) is 0 Å². The van der Waals surface area contributed by atoms with Crippen molar-refractivity contribution in [2.24, 2.45) is 0 Å². The van der Waals surface area contributed by atoms with Gasteiger partial charge in [0, 0.05) is 37.0 Å². The molecule has 0 amide bonds. The van der Waals surface area contributed by atoms with Crippen LogP contribution in [-0.2, 0) is 0 Å². The van der Waals surface area contributed by atoms with E-state index in [-0.39, 0.29) is 47.2 Å². The lowest BCUT2D eigenvalue weighted by molar-refractivity contribution is -0.610. The van der Waals surface area contributed by atoms with Crippen molar-refractivity contribution >= 4 is 11.4 Å². The number of aliphatic hydroxyl groups is 8. The highest BCUT2D eigenvalue weighted by molar-refractivity contribution is 5.59. The van der Waals surface area contributed by atoms with Crippen LogP contribution in [0.5, 0.6) is 5.75 Å². The number of anilines is 1. The van der Waals surface area contributed by atoms with Crippen LogP contribution >= 0.6 is 0 Å². The maximum absolute atomic E-state index is 11.1. The molecule has 2 aliphatic heterocycles. The molecule has 0 spiro atoms. The molecule has 2 fully saturated rings. The maximum Gasteiger partial charge on any atom is 0.311 e. The van der Waals surface area contributed by atoms with Gasteiger partial charge in [0.15, 0.2) is 5.75 Å². The van der Waals surface area contributed by atoms with Gasteiger partial charge in [0.25, 0.3) is 0 Å². The van der Waals surface area contributed by atoms with E-state index in [9.17, 15) is 51.0 Å². The summed E-state index contributed by atoms with van der Waals surface area (Å²) in [5.74, 6) is -14.8. The molecule has 0 bridgehead atoms. The molecule has 180 valence electrons. The predicted octanol–water partition coefficient (Wildman–Crippen LogP) is -3.63. The van der Waals surface area contributed by atoms with Crippen molar-refractivity contribution in [2.75, 3.05) is 32.1 Å². The Balaban J connectivity index is 1.86. The van der Waals surface area contributed by atoms with Crippen molar-refractivity contribution < 1.29 is 50.5 Å². The molecule has 0 aromatic heterocycles. The van der Waals surface area contributed by atoms with E-state index in [0.717, 1.165) is 0 Å². The van der Waals surface area contributed by atoms with Gasteiger partial charge < -0.3 is 50.5 Å². The van der Waals surface area contributed by atoms with Crippen molar-refractivity contribution in [3.05, 3.63) is 28.3 Å². The fraction of sp³-hybridized carbons (Fsp3) is 0.647. The van der Waals surface area contributed by atoms with Gasteiger partial charge in [0.05, 0.1) is 12.0 Å². The number of hydrogen-bond donors (Lipinski definition) is 8. The molecular formula is C17H26N4O11. The zero-order chi connectivity index (χ0) is 24.3. The first kappa shape index (κ1) is 24.5. The second-order valence-corrected chi connectivity index (χ2v) is 7.80. The monoisotopic (exact) mass is 462 g/mol. The zero-order valence-corrected chi connectivity index (χ0v) is 17.2. The highest BCUT2D eigenvalue weighted by atomic mass is 16.7. The first-order valence-electron chi connectivity index (χ1n) is 9.50. The van der Waals surface area contributed by atoms with E-state index < -0.39 is 34.6 Å². The molecule has 0 aliphatic carbocycles. The molecule has 1 aromatic carbocycles. The number of ether oxygens (including phenoxy) is 1. The van der Waals surface area contributed by atoms with Gasteiger partial charge >= 0.3 is 29.3 Å². The molecule has 15 heteroatoms. The van der Waals surface area contributed by atoms with Crippen LogP contribution < -0.4 is 9.64 Å². The summed E-state index contributed by atoms with van der Waals surface area (Å²) in [6, 6.07) is 3.03. The Labute approximate surface area is 181 Å². The molecule has 0 unspecified atom stereocenters. The molecule has 1 aromatic rings. The van der Waals surface area contributed by atoms with Crippen molar-refractivity contribution in [3.8, 4) is 5.75 Å². The second-order valence-electron chi connectivity index (χ2n) is 7.80. The van der Waals surface area contributed by atoms with Crippen molar-refractivity contribution in [2.45, 2.75) is 42.5 Å². The van der Waals surface area contributed by atoms with Gasteiger partial charge in [0.2, 0.25) is 0 Å². The fourth-order valence-electron chi connectivity index (χ4n) is 4.11. The number of nitrogens with zero attached hydrogens (tertiary/aromatic N) is 4. The van der Waals surface area contributed by atoms with Crippen LogP contribution in [0.3, 0.4) is 0 Å². The number of nitro benzene ring substituents is 1. The number of benzene rings is 1. The fourth-order valence-corrected chi connectivity index (χ4v) is 4.11. The van der Waals surface area contributed by atoms with Gasteiger partial charge in [0.1, 0.15) is 0 Å². The molecule has 0 saturated carbocycles. The van der Waals surface area contributed by atoms with Gasteiger partial charge in [-0.3, -0.25) is 10.1 Å². The van der Waals surface area contributed by atoms with Crippen molar-refractivity contribution in [3.63, 3.8) is 0 Å². The van der Waals surface area contributed by atoms with Crippen LogP contribution in [-0.4, -0.2) is 113 Å². The summed E-state index contributed by atoms with van der Waals surface area (Å²) in [6.45, 7) is 0.301. The Morgan fingerprint density at radius 2 is 1.47 bits per heavy atom. The van der Waals surface area contributed by atoms with Crippen LogP contribution in [0.15, 0.2) is 18.2 Å². The van der Waals surface area contributed by atoms with Gasteiger partial charge in [-0.05, 0) is 26.0 Å². The average molecular weight is 462 g/mol. The molecule has 32 heavy (non-hydrogen) atoms. The number of hydrogen-bond acceptors (Lipinski definition) is 14. The maximum atomic E-state index is 11.1. The lowest BCUT2D eigenvalue weighted by Crippen LogP contribution is -2.90. The molecule has 8 N–H and O–H groups in total. The highest BCUT2D eigenvalue weighted by Gasteiger charge is 2.76. The lowest BCUT2D eigenvalue weighted by atomic mass is 9.96. The predicted molar refractivity (Wildman–Crippen MR) is 103 cm³/mol. The van der Waals surface area contributed by atoms with E-state index in [1.54, 1.807) is 4.90 Å². The third-order valence-corrected chi connectivity index (χ3v) is 6.06. The Morgan fingerprint density at radius 3 is 1.91 bits per heavy atom. The minimum absolute atomic E-state index is 0.0216. The van der Waals surface area contributed by atoms with Gasteiger partial charge in [-0.25, -0.2) is 0 Å². The summed E-state index contributed by atoms with van der Waals surface area (Å²) in [4.78, 5) is 12.0. The highest BCUT2D eigenvalue weighted by Crippen LogP contribution is 2.45.